The van der Waals surface area contributed by atoms with Crippen molar-refractivity contribution in [3.63, 3.8) is 0 Å². The largest absolute Gasteiger partial charge is 0.322 e. The van der Waals surface area contributed by atoms with E-state index in [1.807, 2.05) is 0 Å². The predicted molar refractivity (Wildman–Crippen MR) is 60.9 cm³/mol. The topological polar surface area (TPSA) is 49.9 Å². The Morgan fingerprint density at radius 3 is 2.53 bits per heavy atom. The Labute approximate surface area is 94.3 Å². The molecule has 0 aliphatic heterocycles. The van der Waals surface area contributed by atoms with E-state index in [0.717, 1.165) is 6.07 Å². The summed E-state index contributed by atoms with van der Waals surface area (Å²) in [7, 11) is 0. The van der Waals surface area contributed by atoms with Gasteiger partial charge in [0.25, 0.3) is 0 Å². The van der Waals surface area contributed by atoms with Gasteiger partial charge in [-0.3, -0.25) is 9.59 Å². The second kappa shape index (κ2) is 3.68. The Morgan fingerprint density at radius 2 is 1.80 bits per heavy atom. The van der Waals surface area contributed by atoms with Gasteiger partial charge in [0, 0.05) is 11.1 Å². The lowest BCUT2D eigenvalue weighted by Gasteiger charge is -1.96. The third kappa shape index (κ3) is 1.89. The summed E-state index contributed by atoms with van der Waals surface area (Å²) in [6.45, 7) is 0. The van der Waals surface area contributed by atoms with Crippen LogP contribution in [0.2, 0.25) is 10.0 Å². The zero-order chi connectivity index (χ0) is 11.0. The molecule has 0 atom stereocenters. The van der Waals surface area contributed by atoms with Gasteiger partial charge in [0.1, 0.15) is 0 Å². The van der Waals surface area contributed by atoms with Crippen LogP contribution in [0, 0.1) is 0 Å². The Hall–Kier alpha value is -1.32. The van der Waals surface area contributed by atoms with Crippen molar-refractivity contribution < 1.29 is 0 Å². The van der Waals surface area contributed by atoms with Crippen LogP contribution in [-0.4, -0.2) is 4.98 Å². The van der Waals surface area contributed by atoms with E-state index in [1.165, 1.54) is 18.2 Å². The van der Waals surface area contributed by atoms with Crippen LogP contribution < -0.4 is 11.0 Å². The lowest BCUT2D eigenvalue weighted by atomic mass is 10.2. The molecule has 1 N–H and O–H groups in total. The molecule has 1 aromatic carbocycles. The number of aromatic nitrogens is 1. The second-order valence-electron chi connectivity index (χ2n) is 3.00. The maximum absolute atomic E-state index is 11.6. The van der Waals surface area contributed by atoms with E-state index in [9.17, 15) is 9.59 Å². The lowest BCUT2D eigenvalue weighted by Crippen LogP contribution is -1.97. The van der Waals surface area contributed by atoms with Gasteiger partial charge in [-0.2, -0.15) is 0 Å². The van der Waals surface area contributed by atoms with Crippen molar-refractivity contribution in [2.75, 3.05) is 0 Å². The minimum atomic E-state index is -0.375. The quantitative estimate of drug-likeness (QED) is 0.769. The van der Waals surface area contributed by atoms with E-state index in [4.69, 9.17) is 23.2 Å². The van der Waals surface area contributed by atoms with Gasteiger partial charge in [-0.15, -0.1) is 0 Å². The molecule has 0 amide bonds. The number of nitrogens with one attached hydrogen (secondary N) is 1. The molecule has 3 nitrogen and oxygen atoms in total. The van der Waals surface area contributed by atoms with E-state index in [1.54, 1.807) is 0 Å². The number of hydrogen-bond acceptors (Lipinski definition) is 2. The van der Waals surface area contributed by atoms with Crippen molar-refractivity contribution >= 4 is 34.1 Å². The molecule has 0 spiro atoms. The van der Waals surface area contributed by atoms with E-state index in [0.29, 0.717) is 10.5 Å². The molecule has 0 bridgehead atoms. The third-order valence-electron chi connectivity index (χ3n) is 1.95. The average molecular weight is 242 g/mol. The molecule has 2 aromatic rings. The zero-order valence-electron chi connectivity index (χ0n) is 7.38. The summed E-state index contributed by atoms with van der Waals surface area (Å²) >= 11 is 11.6. The fourth-order valence-corrected chi connectivity index (χ4v) is 1.92. The van der Waals surface area contributed by atoms with Crippen molar-refractivity contribution in [2.24, 2.45) is 0 Å². The van der Waals surface area contributed by atoms with Crippen LogP contribution in [0.4, 0.5) is 0 Å². The third-order valence-corrected chi connectivity index (χ3v) is 2.46. The summed E-state index contributed by atoms with van der Waals surface area (Å²) in [5.74, 6) is 0. The van der Waals surface area contributed by atoms with Gasteiger partial charge in [-0.05, 0) is 18.2 Å². The average Bonchev–Trinajstić information content (AvgIpc) is 2.25. The maximum Gasteiger partial charge on any atom is 0.248 e. The van der Waals surface area contributed by atoms with Crippen LogP contribution in [-0.2, 0) is 0 Å². The first-order chi connectivity index (χ1) is 7.08. The van der Waals surface area contributed by atoms with Crippen LogP contribution >= 0.6 is 23.2 Å². The van der Waals surface area contributed by atoms with E-state index in [2.05, 4.69) is 4.98 Å². The van der Waals surface area contributed by atoms with Crippen molar-refractivity contribution in [3.8, 4) is 0 Å². The van der Waals surface area contributed by atoms with E-state index in [-0.39, 0.29) is 21.4 Å². The number of rotatable bonds is 0. The predicted octanol–water partition coefficient (Wildman–Crippen LogP) is 2.20. The fraction of sp³-hybridized carbons (Fsp3) is 0. The highest BCUT2D eigenvalue weighted by Gasteiger charge is 2.04. The SMILES string of the molecule is O=c1ccc(=O)c2c(Cl)cc(Cl)cc2[nH]1. The van der Waals surface area contributed by atoms with Crippen LogP contribution in [0.15, 0.2) is 33.9 Å². The Morgan fingerprint density at radius 1 is 1.07 bits per heavy atom. The number of halogens is 2. The van der Waals surface area contributed by atoms with Crippen LogP contribution in [0.25, 0.3) is 10.9 Å². The van der Waals surface area contributed by atoms with Crippen LogP contribution in [0.5, 0.6) is 0 Å². The zero-order valence-corrected chi connectivity index (χ0v) is 8.89. The monoisotopic (exact) mass is 241 g/mol. The summed E-state index contributed by atoms with van der Waals surface area (Å²) in [5, 5.41) is 0.867. The van der Waals surface area contributed by atoms with Gasteiger partial charge in [0.05, 0.1) is 15.9 Å². The minimum Gasteiger partial charge on any atom is -0.322 e. The molecule has 1 aromatic heterocycles. The van der Waals surface area contributed by atoms with Crippen molar-refractivity contribution in [1.82, 2.24) is 4.98 Å². The highest BCUT2D eigenvalue weighted by atomic mass is 35.5. The van der Waals surface area contributed by atoms with Gasteiger partial charge in [-0.1, -0.05) is 23.2 Å². The molecule has 15 heavy (non-hydrogen) atoms. The summed E-state index contributed by atoms with van der Waals surface area (Å²) in [4.78, 5) is 25.3. The number of aromatic amines is 1. The minimum absolute atomic E-state index is 0.231. The van der Waals surface area contributed by atoms with Gasteiger partial charge in [0.2, 0.25) is 5.56 Å². The molecule has 76 valence electrons. The maximum atomic E-state index is 11.6. The first kappa shape index (κ1) is 10.2. The van der Waals surface area contributed by atoms with Crippen molar-refractivity contribution in [1.29, 1.82) is 0 Å². The lowest BCUT2D eigenvalue weighted by molar-refractivity contribution is 1.33. The summed E-state index contributed by atoms with van der Waals surface area (Å²) in [6.07, 6.45) is 0. The number of H-pyrrole nitrogens is 1. The number of fused-ring (bicyclic) bond motifs is 1. The molecule has 0 aliphatic rings. The summed E-state index contributed by atoms with van der Waals surface area (Å²) in [6, 6.07) is 5.30. The molecule has 5 heteroatoms. The molecule has 0 unspecified atom stereocenters. The normalized spacial score (nSPS) is 10.5. The highest BCUT2D eigenvalue weighted by molar-refractivity contribution is 6.38. The molecule has 0 aliphatic carbocycles. The van der Waals surface area contributed by atoms with Crippen LogP contribution in [0.1, 0.15) is 0 Å². The fourth-order valence-electron chi connectivity index (χ4n) is 1.33. The Balaban J connectivity index is 3.15. The van der Waals surface area contributed by atoms with Crippen LogP contribution in [0.3, 0.4) is 0 Å². The van der Waals surface area contributed by atoms with E-state index >= 15 is 0 Å². The smallest absolute Gasteiger partial charge is 0.248 e. The Bertz CT molecular complexity index is 649. The first-order valence-electron chi connectivity index (χ1n) is 4.10. The summed E-state index contributed by atoms with van der Waals surface area (Å²) < 4.78 is 0. The molecule has 0 fully saturated rings. The molecule has 0 radical (unpaired) electrons. The van der Waals surface area contributed by atoms with Gasteiger partial charge in [0.15, 0.2) is 5.43 Å². The number of hydrogen-bond donors (Lipinski definition) is 1. The van der Waals surface area contributed by atoms with Crippen molar-refractivity contribution in [2.45, 2.75) is 0 Å². The van der Waals surface area contributed by atoms with Gasteiger partial charge >= 0.3 is 0 Å². The molecule has 0 saturated heterocycles. The first-order valence-corrected chi connectivity index (χ1v) is 4.86. The summed E-state index contributed by atoms with van der Waals surface area (Å²) in [5.41, 5.74) is -0.349. The van der Waals surface area contributed by atoms with Gasteiger partial charge in [-0.25, -0.2) is 0 Å². The van der Waals surface area contributed by atoms with Gasteiger partial charge < -0.3 is 4.98 Å². The molecular weight excluding hydrogens is 237 g/mol. The van der Waals surface area contributed by atoms with Crippen molar-refractivity contribution in [3.05, 3.63) is 54.9 Å². The standard InChI is InChI=1S/C10H5Cl2NO2/c11-5-3-6(12)10-7(4-5)13-9(15)2-1-8(10)14/h1-4H,(H,13,15). The molecule has 0 saturated carbocycles. The Kier molecular flexibility index (Phi) is 2.50. The molecular formula is C10H5Cl2NO2. The molecule has 1 heterocycles. The highest BCUT2D eigenvalue weighted by Crippen LogP contribution is 2.22. The molecule has 2 rings (SSSR count). The van der Waals surface area contributed by atoms with E-state index < -0.39 is 0 Å². The second-order valence-corrected chi connectivity index (χ2v) is 3.84. The number of benzene rings is 1.